The fourth-order valence-electron chi connectivity index (χ4n) is 2.88. The number of nitrogens with one attached hydrogen (secondary N) is 1. The average molecular weight is 404 g/mol. The first-order valence-electron chi connectivity index (χ1n) is 8.16. The van der Waals surface area contributed by atoms with Crippen LogP contribution < -0.4 is 5.32 Å². The van der Waals surface area contributed by atoms with E-state index in [-0.39, 0.29) is 11.0 Å². The zero-order chi connectivity index (χ0) is 18.7. The molecule has 1 N–H and O–H groups in total. The van der Waals surface area contributed by atoms with E-state index in [9.17, 15) is 8.42 Å². The topological polar surface area (TPSA) is 61.8 Å². The fraction of sp³-hybridized carbons (Fsp3) is 0.588. The second-order valence-corrected chi connectivity index (χ2v) is 10.9. The predicted molar refractivity (Wildman–Crippen MR) is 109 cm³/mol. The van der Waals surface area contributed by atoms with Crippen LogP contribution in [0.2, 0.25) is 5.02 Å². The van der Waals surface area contributed by atoms with E-state index in [0.717, 1.165) is 16.5 Å². The Morgan fingerprint density at radius 1 is 1.48 bits per heavy atom. The highest BCUT2D eigenvalue weighted by Gasteiger charge is 2.41. The van der Waals surface area contributed by atoms with Crippen LogP contribution in [0.5, 0.6) is 0 Å². The lowest BCUT2D eigenvalue weighted by Crippen LogP contribution is -2.57. The van der Waals surface area contributed by atoms with E-state index in [1.54, 1.807) is 32.7 Å². The lowest BCUT2D eigenvalue weighted by molar-refractivity contribution is 0.353. The van der Waals surface area contributed by atoms with Gasteiger partial charge in [-0.05, 0) is 37.8 Å². The van der Waals surface area contributed by atoms with Crippen molar-refractivity contribution in [3.63, 3.8) is 0 Å². The Kier molecular flexibility index (Phi) is 6.68. The van der Waals surface area contributed by atoms with Crippen LogP contribution in [0.4, 0.5) is 0 Å². The normalized spacial score (nSPS) is 21.0. The van der Waals surface area contributed by atoms with Crippen LogP contribution in [-0.2, 0) is 9.84 Å². The Bertz CT molecular complexity index is 735. The van der Waals surface area contributed by atoms with Gasteiger partial charge in [0.2, 0.25) is 0 Å². The number of hydrogen-bond acceptors (Lipinski definition) is 4. The lowest BCUT2D eigenvalue weighted by Gasteiger charge is -2.39. The summed E-state index contributed by atoms with van der Waals surface area (Å²) in [4.78, 5) is 6.37. The van der Waals surface area contributed by atoms with Crippen LogP contribution in [0.15, 0.2) is 29.3 Å². The first kappa shape index (κ1) is 20.4. The Morgan fingerprint density at radius 3 is 2.76 bits per heavy atom. The molecule has 5 nitrogen and oxygen atoms in total. The van der Waals surface area contributed by atoms with Crippen LogP contribution in [0.25, 0.3) is 0 Å². The molecule has 1 aliphatic heterocycles. The maximum Gasteiger partial charge on any atom is 0.193 e. The highest BCUT2D eigenvalue weighted by atomic mass is 35.5. The highest BCUT2D eigenvalue weighted by molar-refractivity contribution is 7.98. The molecule has 0 radical (unpaired) electrons. The Labute approximate surface area is 160 Å². The minimum atomic E-state index is -3.06. The molecule has 1 aromatic rings. The largest absolute Gasteiger partial charge is 0.355 e. The summed E-state index contributed by atoms with van der Waals surface area (Å²) < 4.78 is 23.6. The molecular formula is C17H26ClN3O2S2. The lowest BCUT2D eigenvalue weighted by atomic mass is 10.1. The van der Waals surface area contributed by atoms with Crippen molar-refractivity contribution in [2.75, 3.05) is 38.7 Å². The van der Waals surface area contributed by atoms with Gasteiger partial charge in [0, 0.05) is 37.0 Å². The zero-order valence-corrected chi connectivity index (χ0v) is 17.5. The number of benzene rings is 1. The van der Waals surface area contributed by atoms with Crippen molar-refractivity contribution in [1.82, 2.24) is 10.2 Å². The molecule has 0 aromatic heterocycles. The summed E-state index contributed by atoms with van der Waals surface area (Å²) in [6, 6.07) is 7.86. The summed E-state index contributed by atoms with van der Waals surface area (Å²) in [5.74, 6) is 0.894. The van der Waals surface area contributed by atoms with E-state index in [1.807, 2.05) is 23.1 Å². The van der Waals surface area contributed by atoms with E-state index in [4.69, 9.17) is 11.6 Å². The number of rotatable bonds is 4. The van der Waals surface area contributed by atoms with Gasteiger partial charge in [-0.2, -0.15) is 11.8 Å². The van der Waals surface area contributed by atoms with Crippen molar-refractivity contribution < 1.29 is 8.42 Å². The summed E-state index contributed by atoms with van der Waals surface area (Å²) in [5, 5.41) is 4.35. The van der Waals surface area contributed by atoms with Crippen molar-refractivity contribution in [2.45, 2.75) is 23.8 Å². The molecule has 1 unspecified atom stereocenters. The molecule has 1 aromatic carbocycles. The molecule has 8 heteroatoms. The van der Waals surface area contributed by atoms with E-state index in [0.29, 0.717) is 19.6 Å². The van der Waals surface area contributed by atoms with E-state index in [2.05, 4.69) is 22.6 Å². The molecular weight excluding hydrogens is 378 g/mol. The molecule has 0 aliphatic carbocycles. The SMILES string of the molecule is CN=C(NCC(SC)c1cccc(Cl)c1)N1CCS(=O)(=O)C(C)(C)C1. The van der Waals surface area contributed by atoms with Crippen molar-refractivity contribution in [3.8, 4) is 0 Å². The number of guanidine groups is 1. The van der Waals surface area contributed by atoms with E-state index >= 15 is 0 Å². The number of sulfone groups is 1. The minimum absolute atomic E-state index is 0.154. The van der Waals surface area contributed by atoms with Crippen LogP contribution in [0.1, 0.15) is 24.7 Å². The molecule has 1 atom stereocenters. The van der Waals surface area contributed by atoms with Gasteiger partial charge in [0.1, 0.15) is 0 Å². The first-order valence-corrected chi connectivity index (χ1v) is 11.5. The van der Waals surface area contributed by atoms with Gasteiger partial charge in [-0.25, -0.2) is 8.42 Å². The molecule has 2 rings (SSSR count). The van der Waals surface area contributed by atoms with Gasteiger partial charge in [-0.3, -0.25) is 4.99 Å². The number of hydrogen-bond donors (Lipinski definition) is 1. The molecule has 1 heterocycles. The number of nitrogens with zero attached hydrogens (tertiary/aromatic N) is 2. The van der Waals surface area contributed by atoms with Crippen molar-refractivity contribution >= 4 is 39.2 Å². The predicted octanol–water partition coefficient (Wildman–Crippen LogP) is 2.83. The van der Waals surface area contributed by atoms with Crippen LogP contribution in [0, 0.1) is 0 Å². The molecule has 0 bridgehead atoms. The molecule has 25 heavy (non-hydrogen) atoms. The smallest absolute Gasteiger partial charge is 0.193 e. The number of halogens is 1. The number of aliphatic imine (C=N–C) groups is 1. The van der Waals surface area contributed by atoms with E-state index < -0.39 is 14.6 Å². The van der Waals surface area contributed by atoms with Crippen LogP contribution in [-0.4, -0.2) is 62.7 Å². The second kappa shape index (κ2) is 8.18. The Hall–Kier alpha value is -0.920. The third-order valence-corrected chi connectivity index (χ3v) is 8.28. The van der Waals surface area contributed by atoms with Crippen LogP contribution >= 0.6 is 23.4 Å². The molecule has 1 fully saturated rings. The maximum absolute atomic E-state index is 12.2. The van der Waals surface area contributed by atoms with Gasteiger partial charge in [0.25, 0.3) is 0 Å². The second-order valence-electron chi connectivity index (χ2n) is 6.71. The Balaban J connectivity index is 2.05. The molecule has 140 valence electrons. The quantitative estimate of drug-likeness (QED) is 0.618. The van der Waals surface area contributed by atoms with Gasteiger partial charge in [-0.15, -0.1) is 0 Å². The van der Waals surface area contributed by atoms with Crippen molar-refractivity contribution in [1.29, 1.82) is 0 Å². The summed E-state index contributed by atoms with van der Waals surface area (Å²) in [6.07, 6.45) is 2.06. The maximum atomic E-state index is 12.2. The van der Waals surface area contributed by atoms with Gasteiger partial charge in [0.05, 0.1) is 10.5 Å². The molecule has 1 saturated heterocycles. The third-order valence-electron chi connectivity index (χ3n) is 4.51. The van der Waals surface area contributed by atoms with E-state index in [1.165, 1.54) is 0 Å². The van der Waals surface area contributed by atoms with Crippen molar-refractivity contribution in [2.24, 2.45) is 4.99 Å². The highest BCUT2D eigenvalue weighted by Crippen LogP contribution is 2.28. The van der Waals surface area contributed by atoms with Crippen molar-refractivity contribution in [3.05, 3.63) is 34.9 Å². The molecule has 0 spiro atoms. The average Bonchev–Trinajstić information content (AvgIpc) is 2.54. The van der Waals surface area contributed by atoms with Gasteiger partial charge in [0.15, 0.2) is 15.8 Å². The first-order chi connectivity index (χ1) is 11.7. The summed E-state index contributed by atoms with van der Waals surface area (Å²) in [7, 11) is -1.33. The van der Waals surface area contributed by atoms with Crippen LogP contribution in [0.3, 0.4) is 0 Å². The van der Waals surface area contributed by atoms with Gasteiger partial charge < -0.3 is 10.2 Å². The minimum Gasteiger partial charge on any atom is -0.355 e. The molecule has 0 saturated carbocycles. The van der Waals surface area contributed by atoms with Gasteiger partial charge >= 0.3 is 0 Å². The summed E-state index contributed by atoms with van der Waals surface area (Å²) in [6.45, 7) is 5.15. The zero-order valence-electron chi connectivity index (χ0n) is 15.1. The molecule has 0 amide bonds. The fourth-order valence-corrected chi connectivity index (χ4v) is 5.12. The standard InChI is InChI=1S/C17H26ClN3O2S2/c1-17(2)12-21(8-9-25(17,22)23)16(19-3)20-11-15(24-4)13-6-5-7-14(18)10-13/h5-7,10,15H,8-9,11-12H2,1-4H3,(H,19,20). The molecule has 1 aliphatic rings. The third kappa shape index (κ3) is 4.83. The van der Waals surface area contributed by atoms with Gasteiger partial charge in [-0.1, -0.05) is 23.7 Å². The summed E-state index contributed by atoms with van der Waals surface area (Å²) >= 11 is 7.84. The number of thioether (sulfide) groups is 1. The Morgan fingerprint density at radius 2 is 2.20 bits per heavy atom. The monoisotopic (exact) mass is 403 g/mol. The summed E-state index contributed by atoms with van der Waals surface area (Å²) in [5.41, 5.74) is 1.16.